The van der Waals surface area contributed by atoms with E-state index in [9.17, 15) is 18.0 Å². The van der Waals surface area contributed by atoms with Crippen LogP contribution in [0.5, 0.6) is 0 Å². The number of carbonyl (C=O) groups excluding carboxylic acids is 2. The summed E-state index contributed by atoms with van der Waals surface area (Å²) in [6, 6.07) is 10.8. The van der Waals surface area contributed by atoms with Gasteiger partial charge in [0.25, 0.3) is 0 Å². The molecule has 11 heteroatoms. The average Bonchev–Trinajstić information content (AvgIpc) is 2.88. The first-order valence-corrected chi connectivity index (χ1v) is 14.8. The molecule has 0 bridgehead atoms. The number of hydrogen-bond donors (Lipinski definition) is 1. The molecule has 0 radical (unpaired) electrons. The average molecular weight is 575 g/mol. The summed E-state index contributed by atoms with van der Waals surface area (Å²) in [5, 5.41) is 3.45. The molecule has 2 aliphatic rings. The van der Waals surface area contributed by atoms with Crippen LogP contribution in [0.25, 0.3) is 0 Å². The molecule has 210 valence electrons. The van der Waals surface area contributed by atoms with Gasteiger partial charge in [-0.3, -0.25) is 9.80 Å². The molecule has 1 saturated heterocycles. The molecular formula is C28H35ClN4O5S. The zero-order valence-electron chi connectivity index (χ0n) is 22.9. The fourth-order valence-corrected chi connectivity index (χ4v) is 6.91. The van der Waals surface area contributed by atoms with E-state index in [4.69, 9.17) is 16.3 Å². The SMILES string of the molecule is CCOC(=O)C1=C(CN2CCN(S(=O)(=O)c3ccc(Cl)cc3)[C@H](C)C2)N(C)C(=O)N[C@H]1c1cc(C)ccc1C. The summed E-state index contributed by atoms with van der Waals surface area (Å²) in [5.41, 5.74) is 3.73. The van der Waals surface area contributed by atoms with Gasteiger partial charge < -0.3 is 10.1 Å². The highest BCUT2D eigenvalue weighted by Crippen LogP contribution is 2.34. The van der Waals surface area contributed by atoms with Crippen molar-refractivity contribution in [2.75, 3.05) is 39.8 Å². The van der Waals surface area contributed by atoms with Crippen LogP contribution >= 0.6 is 11.6 Å². The number of hydrogen-bond acceptors (Lipinski definition) is 6. The number of piperazine rings is 1. The van der Waals surface area contributed by atoms with Gasteiger partial charge in [0.1, 0.15) is 0 Å². The van der Waals surface area contributed by atoms with Crippen LogP contribution < -0.4 is 5.32 Å². The fraction of sp³-hybridized carbons (Fsp3) is 0.429. The lowest BCUT2D eigenvalue weighted by atomic mass is 9.90. The van der Waals surface area contributed by atoms with Crippen molar-refractivity contribution in [2.24, 2.45) is 0 Å². The third-order valence-electron chi connectivity index (χ3n) is 7.26. The summed E-state index contributed by atoms with van der Waals surface area (Å²) in [7, 11) is -2.07. The van der Waals surface area contributed by atoms with Crippen LogP contribution in [0.2, 0.25) is 5.02 Å². The highest BCUT2D eigenvalue weighted by molar-refractivity contribution is 7.89. The van der Waals surface area contributed by atoms with Crippen LogP contribution in [-0.2, 0) is 19.6 Å². The van der Waals surface area contributed by atoms with E-state index >= 15 is 0 Å². The highest BCUT2D eigenvalue weighted by Gasteiger charge is 2.40. The Bertz CT molecular complexity index is 1390. The van der Waals surface area contributed by atoms with Crippen molar-refractivity contribution in [2.45, 2.75) is 44.7 Å². The number of esters is 1. The highest BCUT2D eigenvalue weighted by atomic mass is 35.5. The Balaban J connectivity index is 1.65. The first-order chi connectivity index (χ1) is 18.4. The zero-order chi connectivity index (χ0) is 28.5. The van der Waals surface area contributed by atoms with Gasteiger partial charge >= 0.3 is 12.0 Å². The third kappa shape index (κ3) is 5.99. The van der Waals surface area contributed by atoms with Crippen LogP contribution in [0.4, 0.5) is 4.79 Å². The number of rotatable bonds is 7. The Morgan fingerprint density at radius 2 is 1.82 bits per heavy atom. The molecule has 2 aliphatic heterocycles. The summed E-state index contributed by atoms with van der Waals surface area (Å²) >= 11 is 5.94. The largest absolute Gasteiger partial charge is 0.463 e. The van der Waals surface area contributed by atoms with E-state index in [2.05, 4.69) is 10.2 Å². The summed E-state index contributed by atoms with van der Waals surface area (Å²) in [6.45, 7) is 9.14. The number of likely N-dealkylation sites (N-methyl/N-ethyl adjacent to an activating group) is 1. The molecule has 0 unspecified atom stereocenters. The normalized spacial score (nSPS) is 21.2. The van der Waals surface area contributed by atoms with Crippen molar-refractivity contribution in [1.29, 1.82) is 0 Å². The van der Waals surface area contributed by atoms with Gasteiger partial charge in [0, 0.05) is 50.0 Å². The number of amides is 2. The molecule has 1 fully saturated rings. The van der Waals surface area contributed by atoms with E-state index in [1.54, 1.807) is 26.1 Å². The monoisotopic (exact) mass is 574 g/mol. The van der Waals surface area contributed by atoms with Gasteiger partial charge in [0.15, 0.2) is 0 Å². The van der Waals surface area contributed by atoms with E-state index in [-0.39, 0.29) is 30.1 Å². The Labute approximate surface area is 235 Å². The van der Waals surface area contributed by atoms with Crippen molar-refractivity contribution >= 4 is 33.6 Å². The van der Waals surface area contributed by atoms with Crippen LogP contribution in [0, 0.1) is 13.8 Å². The van der Waals surface area contributed by atoms with Crippen LogP contribution in [-0.4, -0.2) is 80.4 Å². The van der Waals surface area contributed by atoms with Crippen LogP contribution in [0.15, 0.2) is 58.6 Å². The molecular weight excluding hydrogens is 540 g/mol. The number of halogens is 1. The minimum absolute atomic E-state index is 0.194. The van der Waals surface area contributed by atoms with Gasteiger partial charge in [-0.25, -0.2) is 18.0 Å². The minimum atomic E-state index is -3.70. The molecule has 0 aliphatic carbocycles. The Morgan fingerprint density at radius 1 is 1.13 bits per heavy atom. The van der Waals surface area contributed by atoms with Crippen molar-refractivity contribution in [3.63, 3.8) is 0 Å². The molecule has 39 heavy (non-hydrogen) atoms. The fourth-order valence-electron chi connectivity index (χ4n) is 5.17. The second kappa shape index (κ2) is 11.7. The molecule has 0 aromatic heterocycles. The van der Waals surface area contributed by atoms with E-state index in [1.807, 2.05) is 39.0 Å². The van der Waals surface area contributed by atoms with Crippen molar-refractivity contribution in [3.05, 3.63) is 75.4 Å². The summed E-state index contributed by atoms with van der Waals surface area (Å²) < 4.78 is 33.6. The van der Waals surface area contributed by atoms with E-state index in [1.165, 1.54) is 21.3 Å². The Kier molecular flexibility index (Phi) is 8.70. The van der Waals surface area contributed by atoms with Gasteiger partial charge in [-0.1, -0.05) is 35.4 Å². The van der Waals surface area contributed by atoms with Crippen molar-refractivity contribution < 1.29 is 22.7 Å². The lowest BCUT2D eigenvalue weighted by molar-refractivity contribution is -0.139. The second-order valence-electron chi connectivity index (χ2n) is 10.0. The molecule has 2 aromatic rings. The predicted octanol–water partition coefficient (Wildman–Crippen LogP) is 3.87. The maximum Gasteiger partial charge on any atom is 0.338 e. The van der Waals surface area contributed by atoms with E-state index < -0.39 is 22.0 Å². The summed E-state index contributed by atoms with van der Waals surface area (Å²) in [4.78, 5) is 30.2. The molecule has 2 aromatic carbocycles. The predicted molar refractivity (Wildman–Crippen MR) is 150 cm³/mol. The number of nitrogens with one attached hydrogen (secondary N) is 1. The number of carbonyl (C=O) groups is 2. The topological polar surface area (TPSA) is 99.3 Å². The third-order valence-corrected chi connectivity index (χ3v) is 9.54. The number of ether oxygens (including phenoxy) is 1. The molecule has 4 rings (SSSR count). The Hall–Kier alpha value is -2.92. The lowest BCUT2D eigenvalue weighted by Gasteiger charge is -2.41. The molecule has 1 N–H and O–H groups in total. The van der Waals surface area contributed by atoms with Gasteiger partial charge in [0.05, 0.1) is 23.1 Å². The Morgan fingerprint density at radius 3 is 2.46 bits per heavy atom. The minimum Gasteiger partial charge on any atom is -0.463 e. The number of nitrogens with zero attached hydrogens (tertiary/aromatic N) is 3. The first-order valence-electron chi connectivity index (χ1n) is 12.9. The first kappa shape index (κ1) is 29.1. The van der Waals surface area contributed by atoms with Gasteiger partial charge in [0.2, 0.25) is 10.0 Å². The quantitative estimate of drug-likeness (QED) is 0.504. The van der Waals surface area contributed by atoms with Gasteiger partial charge in [-0.05, 0) is 63.1 Å². The number of urea groups is 1. The van der Waals surface area contributed by atoms with Crippen LogP contribution in [0.3, 0.4) is 0 Å². The smallest absolute Gasteiger partial charge is 0.338 e. The second-order valence-corrected chi connectivity index (χ2v) is 12.4. The van der Waals surface area contributed by atoms with E-state index in [0.717, 1.165) is 16.7 Å². The van der Waals surface area contributed by atoms with Gasteiger partial charge in [-0.15, -0.1) is 0 Å². The zero-order valence-corrected chi connectivity index (χ0v) is 24.5. The van der Waals surface area contributed by atoms with Gasteiger partial charge in [-0.2, -0.15) is 4.31 Å². The molecule has 9 nitrogen and oxygen atoms in total. The number of benzene rings is 2. The summed E-state index contributed by atoms with van der Waals surface area (Å²) in [5.74, 6) is -0.484. The number of aryl methyl sites for hydroxylation is 2. The maximum atomic E-state index is 13.3. The lowest BCUT2D eigenvalue weighted by Crippen LogP contribution is -2.56. The van der Waals surface area contributed by atoms with E-state index in [0.29, 0.717) is 35.9 Å². The standard InChI is InChI=1S/C28H35ClN4O5S/c1-6-38-27(34)25-24(31(5)28(35)30-26(25)23-15-18(2)7-8-19(23)3)17-32-13-14-33(20(4)16-32)39(36,37)22-11-9-21(29)10-12-22/h7-12,15,20,26H,6,13-14,16-17H2,1-5H3,(H,30,35)/t20-,26+/m1/s1. The molecule has 0 spiro atoms. The summed E-state index contributed by atoms with van der Waals surface area (Å²) in [6.07, 6.45) is 0. The molecule has 2 atom stereocenters. The maximum absolute atomic E-state index is 13.3. The molecule has 0 saturated carbocycles. The van der Waals surface area contributed by atoms with Crippen molar-refractivity contribution in [3.8, 4) is 0 Å². The molecule has 2 heterocycles. The number of sulfonamides is 1. The van der Waals surface area contributed by atoms with Crippen molar-refractivity contribution in [1.82, 2.24) is 19.4 Å². The molecule has 2 amide bonds. The van der Waals surface area contributed by atoms with Crippen LogP contribution in [0.1, 0.15) is 36.6 Å².